The highest BCUT2D eigenvalue weighted by atomic mass is 79.9. The van der Waals surface area contributed by atoms with Gasteiger partial charge in [0.25, 0.3) is 0 Å². The Hall–Kier alpha value is -0.110. The minimum Gasteiger partial charge on any atom is -0.392 e. The molecular weight excluding hydrogens is 524 g/mol. The molecule has 0 aromatic rings. The highest BCUT2D eigenvalue weighted by Crippen LogP contribution is 2.26. The fourth-order valence-electron chi connectivity index (χ4n) is 2.48. The van der Waals surface area contributed by atoms with Crippen LogP contribution in [0.1, 0.15) is 20.3 Å². The minimum atomic E-state index is -3.52. The first-order valence-corrected chi connectivity index (χ1v) is 12.2. The van der Waals surface area contributed by atoms with Crippen molar-refractivity contribution in [1.29, 1.82) is 0 Å². The van der Waals surface area contributed by atoms with Gasteiger partial charge in [0.1, 0.15) is 17.0 Å². The Kier molecular flexibility index (Phi) is 13.9. The summed E-state index contributed by atoms with van der Waals surface area (Å²) < 4.78 is 38.8. The van der Waals surface area contributed by atoms with Crippen molar-refractivity contribution in [3.05, 3.63) is 0 Å². The van der Waals surface area contributed by atoms with E-state index in [0.29, 0.717) is 13.2 Å². The molecule has 0 aliphatic carbocycles. The first-order chi connectivity index (χ1) is 13.1. The van der Waals surface area contributed by atoms with Crippen molar-refractivity contribution in [2.45, 2.75) is 30.5 Å². The second-order valence-corrected chi connectivity index (χ2v) is 10.9. The zero-order chi connectivity index (χ0) is 21.9. The molecule has 0 aromatic heterocycles. The smallest absolute Gasteiger partial charge is 0.331 e. The van der Waals surface area contributed by atoms with Crippen molar-refractivity contribution in [1.82, 2.24) is 9.62 Å². The number of nitrogens with zero attached hydrogens (tertiary/aromatic N) is 1. The third-order valence-corrected chi connectivity index (χ3v) is 9.51. The molecular formula is C16H30Br2N2O7S. The number of likely N-dealkylation sites (N-methyl/N-ethyl adjacent to an activating group) is 1. The summed E-state index contributed by atoms with van der Waals surface area (Å²) >= 11 is 6.21. The zero-order valence-corrected chi connectivity index (χ0v) is 20.8. The van der Waals surface area contributed by atoms with E-state index in [1.165, 1.54) is 4.31 Å². The van der Waals surface area contributed by atoms with Crippen LogP contribution in [-0.4, -0.2) is 81.3 Å². The summed E-state index contributed by atoms with van der Waals surface area (Å²) in [7, 11) is 1.28. The number of ether oxygens (including phenoxy) is 3. The number of nitrogens with one attached hydrogen (secondary N) is 1. The maximum absolute atomic E-state index is 12.2. The predicted octanol–water partition coefficient (Wildman–Crippen LogP) is 1.30. The highest BCUT2D eigenvalue weighted by Gasteiger charge is 2.39. The van der Waals surface area contributed by atoms with E-state index in [1.54, 1.807) is 21.3 Å². The van der Waals surface area contributed by atoms with Crippen molar-refractivity contribution in [3.63, 3.8) is 0 Å². The highest BCUT2D eigenvalue weighted by molar-refractivity contribution is 9.13. The first-order valence-electron chi connectivity index (χ1n) is 8.66. The van der Waals surface area contributed by atoms with Crippen LogP contribution in [-0.2, 0) is 33.8 Å². The third kappa shape index (κ3) is 8.72. The summed E-state index contributed by atoms with van der Waals surface area (Å²) in [6.07, 6.45) is 0.346. The van der Waals surface area contributed by atoms with Gasteiger partial charge in [0, 0.05) is 32.6 Å². The van der Waals surface area contributed by atoms with Crippen LogP contribution in [0.3, 0.4) is 0 Å². The molecule has 0 radical (unpaired) electrons. The Balaban J connectivity index is 0.00000129. The number of hydrogen-bond donors (Lipinski definition) is 1. The predicted molar refractivity (Wildman–Crippen MR) is 113 cm³/mol. The number of carbonyl (C=O) groups is 2. The molecule has 1 aliphatic heterocycles. The van der Waals surface area contributed by atoms with Gasteiger partial charge in [-0.25, -0.2) is 17.5 Å². The molecule has 166 valence electrons. The molecule has 28 heavy (non-hydrogen) atoms. The molecule has 0 amide bonds. The van der Waals surface area contributed by atoms with Gasteiger partial charge >= 0.3 is 11.9 Å². The second kappa shape index (κ2) is 14.0. The Morgan fingerprint density at radius 2 is 1.82 bits per heavy atom. The van der Waals surface area contributed by atoms with Gasteiger partial charge in [-0.05, 0) is 19.4 Å². The van der Waals surface area contributed by atoms with Gasteiger partial charge in [-0.1, -0.05) is 45.7 Å². The number of halogens is 2. The lowest BCUT2D eigenvalue weighted by atomic mass is 10.1. The molecule has 1 aliphatic rings. The van der Waals surface area contributed by atoms with Crippen LogP contribution in [0, 0.1) is 11.8 Å². The summed E-state index contributed by atoms with van der Waals surface area (Å²) in [4.78, 5) is 24.1. The minimum absolute atomic E-state index is 0.0196. The molecule has 0 saturated carbocycles. The molecule has 9 nitrogen and oxygen atoms in total. The maximum Gasteiger partial charge on any atom is 0.331 e. The van der Waals surface area contributed by atoms with Crippen LogP contribution in [0.5, 0.6) is 0 Å². The second-order valence-electron chi connectivity index (χ2n) is 6.40. The van der Waals surface area contributed by atoms with Crippen molar-refractivity contribution in [2.24, 2.45) is 11.8 Å². The monoisotopic (exact) mass is 552 g/mol. The van der Waals surface area contributed by atoms with E-state index in [2.05, 4.69) is 46.7 Å². The van der Waals surface area contributed by atoms with E-state index in [9.17, 15) is 18.0 Å². The summed E-state index contributed by atoms with van der Waals surface area (Å²) in [5, 5.41) is 3.06. The number of rotatable bonds is 9. The molecule has 1 rings (SSSR count). The van der Waals surface area contributed by atoms with Crippen LogP contribution in [0.2, 0.25) is 0 Å². The molecule has 1 heterocycles. The molecule has 12 heteroatoms. The van der Waals surface area contributed by atoms with E-state index in [1.807, 2.05) is 13.8 Å². The number of esters is 2. The molecule has 3 atom stereocenters. The van der Waals surface area contributed by atoms with Gasteiger partial charge in [0.05, 0.1) is 5.92 Å². The summed E-state index contributed by atoms with van der Waals surface area (Å²) in [5.74, 6) is -1.94. The summed E-state index contributed by atoms with van der Waals surface area (Å²) in [6.45, 7) is 4.35. The molecule has 0 bridgehead atoms. The summed E-state index contributed by atoms with van der Waals surface area (Å²) in [5.41, 5.74) is 0. The largest absolute Gasteiger partial charge is 0.392 e. The van der Waals surface area contributed by atoms with Crippen molar-refractivity contribution in [3.8, 4) is 0 Å². The van der Waals surface area contributed by atoms with Crippen molar-refractivity contribution >= 4 is 53.8 Å². The quantitative estimate of drug-likeness (QED) is 0.197. The number of methoxy groups -OCH3 is 2. The number of carbonyl (C=O) groups excluding carboxylic acids is 2. The number of hydrogen-bond acceptors (Lipinski definition) is 8. The average molecular weight is 554 g/mol. The van der Waals surface area contributed by atoms with Crippen LogP contribution in [0.15, 0.2) is 0 Å². The maximum atomic E-state index is 12.2. The molecule has 1 saturated heterocycles. The normalized spacial score (nSPS) is 19.6. The Morgan fingerprint density at radius 3 is 2.21 bits per heavy atom. The SMILES string of the molecule is CN[C@H](C(=O)OC(=O)[C@H]1CCN(S(=O)(=O)C(Br)CBr)C1)C(C)C.COCOC. The molecule has 1 fully saturated rings. The lowest BCUT2D eigenvalue weighted by Crippen LogP contribution is -2.42. The Bertz CT molecular complexity index is 588. The van der Waals surface area contributed by atoms with Gasteiger partial charge in [0.2, 0.25) is 10.0 Å². The standard InChI is InChI=1S/C13H22Br2N2O5S.C3H8O2/c1-8(2)11(16-3)13(19)22-12(18)9-4-5-17(7-9)23(20,21)10(15)6-14;1-4-3-5-2/h8-11,16H,4-7H2,1-3H3;3H2,1-2H3/t9-,10?,11-;/m0./s1. The molecule has 0 spiro atoms. The lowest BCUT2D eigenvalue weighted by Gasteiger charge is -2.20. The molecule has 1 unspecified atom stereocenters. The van der Waals surface area contributed by atoms with Gasteiger partial charge in [0.15, 0.2) is 0 Å². The first kappa shape index (κ1) is 27.9. The molecule has 1 N–H and O–H groups in total. The van der Waals surface area contributed by atoms with E-state index >= 15 is 0 Å². The van der Waals surface area contributed by atoms with E-state index in [4.69, 9.17) is 4.74 Å². The van der Waals surface area contributed by atoms with Gasteiger partial charge < -0.3 is 19.5 Å². The van der Waals surface area contributed by atoms with Crippen molar-refractivity contribution < 1.29 is 32.2 Å². The number of alkyl halides is 2. The van der Waals surface area contributed by atoms with E-state index < -0.39 is 38.1 Å². The topological polar surface area (TPSA) is 111 Å². The Morgan fingerprint density at radius 1 is 1.25 bits per heavy atom. The van der Waals surface area contributed by atoms with Crippen LogP contribution in [0.25, 0.3) is 0 Å². The summed E-state index contributed by atoms with van der Waals surface area (Å²) in [6, 6.07) is -0.569. The lowest BCUT2D eigenvalue weighted by molar-refractivity contribution is -0.164. The van der Waals surface area contributed by atoms with E-state index in [-0.39, 0.29) is 24.3 Å². The number of sulfonamides is 1. The van der Waals surface area contributed by atoms with E-state index in [0.717, 1.165) is 0 Å². The van der Waals surface area contributed by atoms with Gasteiger partial charge in [-0.15, -0.1) is 0 Å². The van der Waals surface area contributed by atoms with Crippen molar-refractivity contribution in [2.75, 3.05) is 46.5 Å². The van der Waals surface area contributed by atoms with Crippen LogP contribution < -0.4 is 5.32 Å². The van der Waals surface area contributed by atoms with Gasteiger partial charge in [-0.3, -0.25) is 4.79 Å². The van der Waals surface area contributed by atoms with Crippen LogP contribution >= 0.6 is 31.9 Å². The average Bonchev–Trinajstić information content (AvgIpc) is 3.13. The van der Waals surface area contributed by atoms with Crippen LogP contribution in [0.4, 0.5) is 0 Å². The Labute approximate surface area is 184 Å². The zero-order valence-electron chi connectivity index (χ0n) is 16.8. The fourth-order valence-corrected chi connectivity index (χ4v) is 5.42. The third-order valence-electron chi connectivity index (χ3n) is 3.96. The van der Waals surface area contributed by atoms with Gasteiger partial charge in [-0.2, -0.15) is 0 Å². The fraction of sp³-hybridized carbons (Fsp3) is 0.875. The molecule has 0 aromatic carbocycles.